The quantitative estimate of drug-likeness (QED) is 0.597. The molecule has 0 saturated carbocycles. The molecule has 0 spiro atoms. The van der Waals surface area contributed by atoms with Crippen molar-refractivity contribution in [3.05, 3.63) is 17.8 Å². The summed E-state index contributed by atoms with van der Waals surface area (Å²) in [4.78, 5) is 4.10. The van der Waals surface area contributed by atoms with E-state index in [-0.39, 0.29) is 10.9 Å². The van der Waals surface area contributed by atoms with Gasteiger partial charge in [0.05, 0.1) is 0 Å². The van der Waals surface area contributed by atoms with Gasteiger partial charge in [-0.05, 0) is 12.5 Å². The van der Waals surface area contributed by atoms with E-state index in [0.717, 1.165) is 0 Å². The molecule has 0 aliphatic heterocycles. The van der Waals surface area contributed by atoms with Crippen molar-refractivity contribution in [2.75, 3.05) is 6.26 Å². The molecular weight excluding hydrogens is 138 g/mol. The highest BCUT2D eigenvalue weighted by molar-refractivity contribution is 8.18. The van der Waals surface area contributed by atoms with Crippen LogP contribution in [0.1, 0.15) is 0 Å². The number of hydrogen-bond acceptors (Lipinski definition) is 2. The first kappa shape index (κ1) is 6.11. The summed E-state index contributed by atoms with van der Waals surface area (Å²) in [5, 5.41) is 1.99. The molecule has 1 radical (unpaired) electrons. The topological polar surface area (TPSA) is 12.9 Å². The molecule has 3 heteroatoms. The maximum atomic E-state index is 4.10. The number of rotatable bonds is 1. The van der Waals surface area contributed by atoms with Gasteiger partial charge in [0, 0.05) is 11.6 Å². The molecule has 1 aromatic rings. The average Bonchev–Trinajstić information content (AvgIpc) is 2.12. The van der Waals surface area contributed by atoms with E-state index in [1.54, 1.807) is 11.3 Å². The molecule has 8 heavy (non-hydrogen) atoms. The van der Waals surface area contributed by atoms with Crippen molar-refractivity contribution >= 4 is 22.2 Å². The van der Waals surface area contributed by atoms with E-state index in [9.17, 15) is 0 Å². The van der Waals surface area contributed by atoms with Gasteiger partial charge in [0.25, 0.3) is 0 Å². The maximum Gasteiger partial charge on any atom is 0.129 e. The Morgan fingerprint density at radius 3 is 2.88 bits per heavy atom. The summed E-state index contributed by atoms with van der Waals surface area (Å²) >= 11 is 1.69. The van der Waals surface area contributed by atoms with Gasteiger partial charge in [-0.2, -0.15) is 0 Å². The molecule has 0 bridgehead atoms. The second-order valence-electron chi connectivity index (χ2n) is 1.51. The van der Waals surface area contributed by atoms with Crippen LogP contribution in [-0.4, -0.2) is 11.2 Å². The molecule has 0 aromatic carbocycles. The van der Waals surface area contributed by atoms with Gasteiger partial charge >= 0.3 is 0 Å². The van der Waals surface area contributed by atoms with E-state index in [2.05, 4.69) is 17.5 Å². The number of thiol groups is 1. The SMILES string of the molecule is [CH2][SH](C)c1nccs1. The normalized spacial score (nSPS) is 11.5. The first-order valence-electron chi connectivity index (χ1n) is 2.24. The molecule has 0 fully saturated rings. The lowest BCUT2D eigenvalue weighted by atomic mass is 11.0. The fourth-order valence-corrected chi connectivity index (χ4v) is 1.94. The zero-order valence-electron chi connectivity index (χ0n) is 4.66. The largest absolute Gasteiger partial charge is 0.240 e. The molecule has 1 atom stereocenters. The smallest absolute Gasteiger partial charge is 0.129 e. The van der Waals surface area contributed by atoms with Crippen molar-refractivity contribution in [1.82, 2.24) is 4.98 Å². The van der Waals surface area contributed by atoms with E-state index in [4.69, 9.17) is 0 Å². The lowest BCUT2D eigenvalue weighted by Crippen LogP contribution is -1.68. The molecule has 0 saturated heterocycles. The maximum absolute atomic E-state index is 4.10. The molecule has 0 aliphatic carbocycles. The van der Waals surface area contributed by atoms with Crippen molar-refractivity contribution in [2.24, 2.45) is 0 Å². The van der Waals surface area contributed by atoms with E-state index in [1.165, 1.54) is 4.34 Å². The van der Waals surface area contributed by atoms with Gasteiger partial charge in [0.15, 0.2) is 0 Å². The molecule has 0 amide bonds. The van der Waals surface area contributed by atoms with Crippen LogP contribution in [0.4, 0.5) is 0 Å². The molecule has 45 valence electrons. The third-order valence-corrected chi connectivity index (χ3v) is 3.34. The van der Waals surface area contributed by atoms with Gasteiger partial charge < -0.3 is 0 Å². The van der Waals surface area contributed by atoms with Crippen LogP contribution >= 0.6 is 22.2 Å². The zero-order chi connectivity index (χ0) is 5.98. The van der Waals surface area contributed by atoms with Gasteiger partial charge in [0.2, 0.25) is 0 Å². The second kappa shape index (κ2) is 2.51. The highest BCUT2D eigenvalue weighted by Gasteiger charge is 1.93. The van der Waals surface area contributed by atoms with Crippen LogP contribution < -0.4 is 0 Å². The summed E-state index contributed by atoms with van der Waals surface area (Å²) in [6.45, 7) is 0. The van der Waals surface area contributed by atoms with Crippen LogP contribution in [0, 0.1) is 6.26 Å². The Hall–Kier alpha value is -0.0200. The summed E-state index contributed by atoms with van der Waals surface area (Å²) in [5.41, 5.74) is 0. The fourth-order valence-electron chi connectivity index (χ4n) is 0.404. The zero-order valence-corrected chi connectivity index (χ0v) is 6.38. The van der Waals surface area contributed by atoms with Crippen LogP contribution in [-0.2, 0) is 0 Å². The first-order valence-corrected chi connectivity index (χ1v) is 5.10. The molecule has 0 aliphatic rings. The van der Waals surface area contributed by atoms with E-state index in [1.807, 2.05) is 11.6 Å². The summed E-state index contributed by atoms with van der Waals surface area (Å²) < 4.78 is 1.18. The number of thiazole rings is 1. The minimum absolute atomic E-state index is 0.201. The summed E-state index contributed by atoms with van der Waals surface area (Å²) in [6.07, 6.45) is 7.82. The fraction of sp³-hybridized carbons (Fsp3) is 0.200. The van der Waals surface area contributed by atoms with E-state index >= 15 is 0 Å². The van der Waals surface area contributed by atoms with Gasteiger partial charge in [0.1, 0.15) is 4.34 Å². The monoisotopic (exact) mass is 146 g/mol. The average molecular weight is 146 g/mol. The summed E-state index contributed by atoms with van der Waals surface area (Å²) in [7, 11) is -0.201. The second-order valence-corrected chi connectivity index (χ2v) is 4.53. The van der Waals surface area contributed by atoms with E-state index in [0.29, 0.717) is 0 Å². The Kier molecular flexibility index (Phi) is 1.91. The van der Waals surface area contributed by atoms with Crippen LogP contribution in [0.3, 0.4) is 0 Å². The van der Waals surface area contributed by atoms with Crippen molar-refractivity contribution in [3.63, 3.8) is 0 Å². The molecule has 1 rings (SSSR count). The minimum Gasteiger partial charge on any atom is -0.240 e. The Morgan fingerprint density at radius 1 is 1.88 bits per heavy atom. The molecule has 1 heterocycles. The van der Waals surface area contributed by atoms with Gasteiger partial charge in [-0.25, -0.2) is 15.9 Å². The molecule has 1 aromatic heterocycles. The molecule has 0 N–H and O–H groups in total. The Bertz CT molecular complexity index is 145. The standard InChI is InChI=1S/C5H8NS2/c1-8(2)5-6-3-4-7-5/h3-4,8H,1H2,2H3. The summed E-state index contributed by atoms with van der Waals surface area (Å²) in [5.74, 6) is 0. The highest BCUT2D eigenvalue weighted by atomic mass is 32.2. The van der Waals surface area contributed by atoms with Crippen molar-refractivity contribution in [2.45, 2.75) is 4.34 Å². The predicted octanol–water partition coefficient (Wildman–Crippen LogP) is 1.92. The van der Waals surface area contributed by atoms with E-state index < -0.39 is 0 Å². The number of nitrogens with zero attached hydrogens (tertiary/aromatic N) is 1. The molecule has 1 nitrogen and oxygen atoms in total. The lowest BCUT2D eigenvalue weighted by molar-refractivity contribution is 1.25. The Balaban J connectivity index is 2.77. The third-order valence-electron chi connectivity index (χ3n) is 0.746. The lowest BCUT2D eigenvalue weighted by Gasteiger charge is -2.00. The Labute approximate surface area is 56.1 Å². The van der Waals surface area contributed by atoms with Crippen molar-refractivity contribution < 1.29 is 0 Å². The van der Waals surface area contributed by atoms with Crippen LogP contribution in [0.15, 0.2) is 15.9 Å². The first-order chi connectivity index (χ1) is 3.80. The third kappa shape index (κ3) is 1.23. The molecule has 1 unspecified atom stereocenters. The van der Waals surface area contributed by atoms with Crippen LogP contribution in [0.5, 0.6) is 0 Å². The van der Waals surface area contributed by atoms with Crippen LogP contribution in [0.25, 0.3) is 0 Å². The highest BCUT2D eigenvalue weighted by Crippen LogP contribution is 2.31. The minimum atomic E-state index is -0.201. The predicted molar refractivity (Wildman–Crippen MR) is 40.6 cm³/mol. The van der Waals surface area contributed by atoms with Gasteiger partial charge in [-0.1, -0.05) is 0 Å². The number of hydrogen-bond donors (Lipinski definition) is 1. The van der Waals surface area contributed by atoms with Crippen molar-refractivity contribution in [3.8, 4) is 0 Å². The molecular formula is C5H8NS2. The number of aromatic nitrogens is 1. The van der Waals surface area contributed by atoms with Crippen LogP contribution in [0.2, 0.25) is 0 Å². The van der Waals surface area contributed by atoms with Gasteiger partial charge in [-0.15, -0.1) is 11.3 Å². The summed E-state index contributed by atoms with van der Waals surface area (Å²) in [6, 6.07) is 0. The Morgan fingerprint density at radius 2 is 2.62 bits per heavy atom. The van der Waals surface area contributed by atoms with Crippen molar-refractivity contribution in [1.29, 1.82) is 0 Å². The van der Waals surface area contributed by atoms with Gasteiger partial charge in [-0.3, -0.25) is 0 Å².